The van der Waals surface area contributed by atoms with Crippen LogP contribution in [-0.4, -0.2) is 28.8 Å². The van der Waals surface area contributed by atoms with Crippen molar-refractivity contribution in [1.29, 1.82) is 0 Å². The molecule has 2 amide bonds. The maximum Gasteiger partial charge on any atom is 0.349 e. The van der Waals surface area contributed by atoms with Gasteiger partial charge >= 0.3 is 11.7 Å². The molecule has 0 saturated heterocycles. The third kappa shape index (κ3) is 4.52. The largest absolute Gasteiger partial charge is 0.382 e. The van der Waals surface area contributed by atoms with Crippen LogP contribution in [0.1, 0.15) is 13.3 Å². The van der Waals surface area contributed by atoms with Crippen LogP contribution in [0.3, 0.4) is 0 Å². The van der Waals surface area contributed by atoms with Gasteiger partial charge in [-0.3, -0.25) is 9.88 Å². The maximum absolute atomic E-state index is 13.8. The molecule has 0 aliphatic carbocycles. The number of carbonyl (C=O) groups excluding carboxylic acids is 1. The van der Waals surface area contributed by atoms with Crippen LogP contribution in [0.2, 0.25) is 0 Å². The standard InChI is InChI=1S/C20H21FN4O3/c1-2-28-13-7-12-25-18(14-8-3-5-10-16(14)23-20(25)27)24-19(26)22-17-11-6-4-9-15(17)21/h3-6,8-11H,2,7,12-13H2,1H3,(H2,22,24,26). The second-order valence-electron chi connectivity index (χ2n) is 6.02. The Morgan fingerprint density at radius 1 is 1.14 bits per heavy atom. The normalized spacial score (nSPS) is 10.8. The minimum Gasteiger partial charge on any atom is -0.382 e. The van der Waals surface area contributed by atoms with E-state index in [0.29, 0.717) is 42.9 Å². The lowest BCUT2D eigenvalue weighted by atomic mass is 10.2. The van der Waals surface area contributed by atoms with Crippen molar-refractivity contribution < 1.29 is 13.9 Å². The van der Waals surface area contributed by atoms with Crippen molar-refractivity contribution >= 4 is 28.4 Å². The minimum absolute atomic E-state index is 0.0450. The molecule has 0 radical (unpaired) electrons. The van der Waals surface area contributed by atoms with Gasteiger partial charge in [-0.2, -0.15) is 4.98 Å². The van der Waals surface area contributed by atoms with E-state index in [4.69, 9.17) is 4.74 Å². The Morgan fingerprint density at radius 3 is 2.68 bits per heavy atom. The summed E-state index contributed by atoms with van der Waals surface area (Å²) >= 11 is 0. The number of nitrogens with one attached hydrogen (secondary N) is 2. The van der Waals surface area contributed by atoms with Crippen LogP contribution >= 0.6 is 0 Å². The molecule has 0 unspecified atom stereocenters. The number of benzene rings is 2. The summed E-state index contributed by atoms with van der Waals surface area (Å²) in [4.78, 5) is 29.0. The smallest absolute Gasteiger partial charge is 0.349 e. The Kier molecular flexibility index (Phi) is 6.33. The highest BCUT2D eigenvalue weighted by molar-refractivity contribution is 6.04. The van der Waals surface area contributed by atoms with Gasteiger partial charge in [0.1, 0.15) is 11.6 Å². The monoisotopic (exact) mass is 384 g/mol. The predicted molar refractivity (Wildman–Crippen MR) is 106 cm³/mol. The number of ether oxygens (including phenoxy) is 1. The second-order valence-corrected chi connectivity index (χ2v) is 6.02. The molecule has 0 bridgehead atoms. The van der Waals surface area contributed by atoms with Gasteiger partial charge in [-0.1, -0.05) is 24.3 Å². The summed E-state index contributed by atoms with van der Waals surface area (Å²) in [7, 11) is 0. The number of halogens is 1. The molecule has 1 aromatic heterocycles. The van der Waals surface area contributed by atoms with Crippen LogP contribution < -0.4 is 16.3 Å². The number of fused-ring (bicyclic) bond motifs is 1. The van der Waals surface area contributed by atoms with Crippen LogP contribution in [0, 0.1) is 5.82 Å². The average Bonchev–Trinajstić information content (AvgIpc) is 2.68. The first-order chi connectivity index (χ1) is 13.6. The topological polar surface area (TPSA) is 85.2 Å². The van der Waals surface area contributed by atoms with Gasteiger partial charge in [0.25, 0.3) is 0 Å². The molecule has 0 fully saturated rings. The highest BCUT2D eigenvalue weighted by Gasteiger charge is 2.15. The molecule has 8 heteroatoms. The Hall–Kier alpha value is -3.26. The van der Waals surface area contributed by atoms with Crippen molar-refractivity contribution in [3.8, 4) is 0 Å². The molecule has 0 saturated carbocycles. The van der Waals surface area contributed by atoms with Crippen molar-refractivity contribution in [2.24, 2.45) is 0 Å². The van der Waals surface area contributed by atoms with Crippen LogP contribution in [0.4, 0.5) is 20.7 Å². The van der Waals surface area contributed by atoms with Gasteiger partial charge in [-0.05, 0) is 37.6 Å². The van der Waals surface area contributed by atoms with Crippen molar-refractivity contribution in [3.05, 3.63) is 64.8 Å². The zero-order valence-electron chi connectivity index (χ0n) is 15.4. The molecule has 7 nitrogen and oxygen atoms in total. The number of rotatable bonds is 7. The first kappa shape index (κ1) is 19.5. The van der Waals surface area contributed by atoms with E-state index in [1.807, 2.05) is 6.92 Å². The minimum atomic E-state index is -0.653. The zero-order valence-corrected chi connectivity index (χ0v) is 15.4. The number of carbonyl (C=O) groups is 1. The molecular formula is C20H21FN4O3. The van der Waals surface area contributed by atoms with Crippen LogP contribution in [-0.2, 0) is 11.3 Å². The van der Waals surface area contributed by atoms with Gasteiger partial charge in [0.15, 0.2) is 0 Å². The maximum atomic E-state index is 13.8. The molecule has 0 aliphatic heterocycles. The number of urea groups is 1. The van der Waals surface area contributed by atoms with Gasteiger partial charge in [0.05, 0.1) is 11.2 Å². The van der Waals surface area contributed by atoms with Crippen LogP contribution in [0.25, 0.3) is 10.9 Å². The Labute approximate surface area is 161 Å². The molecule has 0 aliphatic rings. The zero-order chi connectivity index (χ0) is 19.9. The Morgan fingerprint density at radius 2 is 1.89 bits per heavy atom. The summed E-state index contributed by atoms with van der Waals surface area (Å²) in [5.41, 5.74) is 0.0368. The molecule has 3 aromatic rings. The summed E-state index contributed by atoms with van der Waals surface area (Å²) in [6.07, 6.45) is 0.581. The fourth-order valence-corrected chi connectivity index (χ4v) is 2.81. The summed E-state index contributed by atoms with van der Waals surface area (Å²) in [6, 6.07) is 12.2. The third-order valence-electron chi connectivity index (χ3n) is 4.10. The van der Waals surface area contributed by atoms with Crippen molar-refractivity contribution in [1.82, 2.24) is 9.55 Å². The van der Waals surface area contributed by atoms with E-state index >= 15 is 0 Å². The molecule has 3 rings (SSSR count). The van der Waals surface area contributed by atoms with Gasteiger partial charge in [0, 0.05) is 25.1 Å². The number of para-hydroxylation sites is 2. The highest BCUT2D eigenvalue weighted by atomic mass is 19.1. The number of nitrogens with zero attached hydrogens (tertiary/aromatic N) is 2. The molecular weight excluding hydrogens is 363 g/mol. The quantitative estimate of drug-likeness (QED) is 0.610. The van der Waals surface area contributed by atoms with E-state index in [2.05, 4.69) is 15.6 Å². The summed E-state index contributed by atoms with van der Waals surface area (Å²) < 4.78 is 20.5. The first-order valence-electron chi connectivity index (χ1n) is 9.00. The SMILES string of the molecule is CCOCCCn1c(NC(=O)Nc2ccccc2F)c2ccccc2nc1=O. The number of hydrogen-bond donors (Lipinski definition) is 2. The van der Waals surface area contributed by atoms with E-state index in [-0.39, 0.29) is 5.69 Å². The van der Waals surface area contributed by atoms with Crippen molar-refractivity contribution in [2.75, 3.05) is 23.8 Å². The van der Waals surface area contributed by atoms with E-state index in [1.54, 1.807) is 30.3 Å². The Bertz CT molecular complexity index is 1040. The molecule has 0 spiro atoms. The fraction of sp³-hybridized carbons (Fsp3) is 0.250. The highest BCUT2D eigenvalue weighted by Crippen LogP contribution is 2.21. The molecule has 2 aromatic carbocycles. The van der Waals surface area contributed by atoms with E-state index in [1.165, 1.54) is 22.8 Å². The van der Waals surface area contributed by atoms with Crippen molar-refractivity contribution in [2.45, 2.75) is 19.9 Å². The van der Waals surface area contributed by atoms with Gasteiger partial charge < -0.3 is 10.1 Å². The van der Waals surface area contributed by atoms with Crippen LogP contribution in [0.5, 0.6) is 0 Å². The molecule has 146 valence electrons. The molecule has 1 heterocycles. The first-order valence-corrected chi connectivity index (χ1v) is 9.00. The number of anilines is 2. The fourth-order valence-electron chi connectivity index (χ4n) is 2.81. The second kappa shape index (κ2) is 9.09. The third-order valence-corrected chi connectivity index (χ3v) is 4.10. The van der Waals surface area contributed by atoms with Gasteiger partial charge in [-0.15, -0.1) is 0 Å². The summed E-state index contributed by atoms with van der Waals surface area (Å²) in [5, 5.41) is 5.75. The Balaban J connectivity index is 1.91. The molecule has 0 atom stereocenters. The lowest BCUT2D eigenvalue weighted by Gasteiger charge is -2.16. The van der Waals surface area contributed by atoms with E-state index < -0.39 is 17.5 Å². The molecule has 28 heavy (non-hydrogen) atoms. The average molecular weight is 384 g/mol. The van der Waals surface area contributed by atoms with Crippen LogP contribution in [0.15, 0.2) is 53.3 Å². The number of hydrogen-bond acceptors (Lipinski definition) is 4. The number of amides is 2. The van der Waals surface area contributed by atoms with Gasteiger partial charge in [0.2, 0.25) is 0 Å². The van der Waals surface area contributed by atoms with Crippen molar-refractivity contribution in [3.63, 3.8) is 0 Å². The van der Waals surface area contributed by atoms with E-state index in [9.17, 15) is 14.0 Å². The predicted octanol–water partition coefficient (Wildman–Crippen LogP) is 3.61. The van der Waals surface area contributed by atoms with Gasteiger partial charge in [-0.25, -0.2) is 14.0 Å². The van der Waals surface area contributed by atoms with E-state index in [0.717, 1.165) is 0 Å². The lowest BCUT2D eigenvalue weighted by Crippen LogP contribution is -2.30. The lowest BCUT2D eigenvalue weighted by molar-refractivity contribution is 0.141. The number of aromatic nitrogens is 2. The molecule has 2 N–H and O–H groups in total. The summed E-state index contributed by atoms with van der Waals surface area (Å²) in [5.74, 6) is -0.243. The summed E-state index contributed by atoms with van der Waals surface area (Å²) in [6.45, 7) is 3.29.